The Balaban J connectivity index is 1.65. The summed E-state index contributed by atoms with van der Waals surface area (Å²) in [5, 5.41) is 3.45. The Morgan fingerprint density at radius 2 is 1.84 bits per heavy atom. The van der Waals surface area contributed by atoms with Crippen molar-refractivity contribution >= 4 is 5.84 Å². The Morgan fingerprint density at radius 1 is 1.12 bits per heavy atom. The Morgan fingerprint density at radius 3 is 2.56 bits per heavy atom. The lowest BCUT2D eigenvalue weighted by Gasteiger charge is -2.38. The summed E-state index contributed by atoms with van der Waals surface area (Å²) >= 11 is 0. The largest absolute Gasteiger partial charge is 0.361 e. The summed E-state index contributed by atoms with van der Waals surface area (Å²) < 4.78 is 0. The zero-order valence-corrected chi connectivity index (χ0v) is 15.4. The van der Waals surface area contributed by atoms with Gasteiger partial charge < -0.3 is 20.0 Å². The molecule has 25 heavy (non-hydrogen) atoms. The van der Waals surface area contributed by atoms with Crippen LogP contribution in [0.3, 0.4) is 0 Å². The summed E-state index contributed by atoms with van der Waals surface area (Å²) in [6.45, 7) is 8.06. The molecule has 0 aromatic heterocycles. The number of nitrogens with one attached hydrogen (secondary N) is 1. The van der Waals surface area contributed by atoms with Gasteiger partial charge in [-0.05, 0) is 12.5 Å². The van der Waals surface area contributed by atoms with E-state index >= 15 is 0 Å². The SMILES string of the molecule is Cc1ccc(CN2C3=CN(C)CN(C)C3=NC2N2CCNCC2)cc1. The number of amidine groups is 1. The molecule has 1 aromatic carbocycles. The Kier molecular flexibility index (Phi) is 4.39. The molecular weight excluding hydrogens is 312 g/mol. The van der Waals surface area contributed by atoms with E-state index in [1.807, 2.05) is 0 Å². The molecule has 6 heteroatoms. The zero-order chi connectivity index (χ0) is 17.4. The van der Waals surface area contributed by atoms with Crippen LogP contribution >= 0.6 is 0 Å². The molecule has 1 atom stereocenters. The molecule has 0 aliphatic carbocycles. The van der Waals surface area contributed by atoms with Crippen LogP contribution in [0.1, 0.15) is 11.1 Å². The minimum atomic E-state index is 0.0959. The van der Waals surface area contributed by atoms with E-state index in [4.69, 9.17) is 4.99 Å². The van der Waals surface area contributed by atoms with Crippen molar-refractivity contribution in [1.29, 1.82) is 0 Å². The summed E-state index contributed by atoms with van der Waals surface area (Å²) in [5.74, 6) is 1.12. The maximum Gasteiger partial charge on any atom is 0.181 e. The van der Waals surface area contributed by atoms with Crippen LogP contribution in [0, 0.1) is 6.92 Å². The number of rotatable bonds is 3. The van der Waals surface area contributed by atoms with Crippen molar-refractivity contribution < 1.29 is 0 Å². The van der Waals surface area contributed by atoms with E-state index in [-0.39, 0.29) is 6.29 Å². The monoisotopic (exact) mass is 340 g/mol. The highest BCUT2D eigenvalue weighted by molar-refractivity contribution is 5.99. The summed E-state index contributed by atoms with van der Waals surface area (Å²) in [6.07, 6.45) is 2.34. The van der Waals surface area contributed by atoms with Gasteiger partial charge in [0.1, 0.15) is 0 Å². The minimum absolute atomic E-state index is 0.0959. The van der Waals surface area contributed by atoms with Gasteiger partial charge in [0.2, 0.25) is 0 Å². The predicted molar refractivity (Wildman–Crippen MR) is 101 cm³/mol. The fourth-order valence-corrected chi connectivity index (χ4v) is 3.82. The zero-order valence-electron chi connectivity index (χ0n) is 15.4. The first-order valence-electron chi connectivity index (χ1n) is 9.10. The highest BCUT2D eigenvalue weighted by Gasteiger charge is 2.38. The van der Waals surface area contributed by atoms with Gasteiger partial charge in [-0.3, -0.25) is 4.90 Å². The summed E-state index contributed by atoms with van der Waals surface area (Å²) in [5.41, 5.74) is 3.87. The van der Waals surface area contributed by atoms with Crippen LogP contribution in [0.15, 0.2) is 41.2 Å². The third-order valence-electron chi connectivity index (χ3n) is 5.15. The first kappa shape index (κ1) is 16.4. The molecule has 1 unspecified atom stereocenters. The van der Waals surface area contributed by atoms with Crippen LogP contribution in [0.2, 0.25) is 0 Å². The second-order valence-electron chi connectivity index (χ2n) is 7.31. The first-order valence-corrected chi connectivity index (χ1v) is 9.10. The van der Waals surface area contributed by atoms with Gasteiger partial charge >= 0.3 is 0 Å². The van der Waals surface area contributed by atoms with Crippen LogP contribution in [0.5, 0.6) is 0 Å². The lowest BCUT2D eigenvalue weighted by molar-refractivity contribution is 0.0701. The van der Waals surface area contributed by atoms with Crippen LogP contribution in [-0.4, -0.2) is 78.7 Å². The molecule has 6 nitrogen and oxygen atoms in total. The number of benzene rings is 1. The molecule has 3 aliphatic rings. The van der Waals surface area contributed by atoms with E-state index in [9.17, 15) is 0 Å². The average Bonchev–Trinajstić information content (AvgIpc) is 2.96. The van der Waals surface area contributed by atoms with Gasteiger partial charge in [0.25, 0.3) is 0 Å². The quantitative estimate of drug-likeness (QED) is 0.891. The fourth-order valence-electron chi connectivity index (χ4n) is 3.82. The van der Waals surface area contributed by atoms with Crippen LogP contribution in [-0.2, 0) is 6.54 Å². The van der Waals surface area contributed by atoms with Gasteiger partial charge in [0.15, 0.2) is 12.1 Å². The maximum atomic E-state index is 5.12. The van der Waals surface area contributed by atoms with Crippen LogP contribution in [0.4, 0.5) is 0 Å². The predicted octanol–water partition coefficient (Wildman–Crippen LogP) is 1.07. The smallest absolute Gasteiger partial charge is 0.181 e. The maximum absolute atomic E-state index is 5.12. The molecule has 1 N–H and O–H groups in total. The third kappa shape index (κ3) is 3.24. The standard InChI is InChI=1S/C19H28N6/c1-15-4-6-16(7-5-15)12-25-17-13-22(2)14-23(3)18(17)21-19(25)24-10-8-20-9-11-24/h4-7,13,19-20H,8-12,14H2,1-3H3. The van der Waals surface area contributed by atoms with Crippen LogP contribution < -0.4 is 5.32 Å². The molecule has 0 radical (unpaired) electrons. The normalized spacial score (nSPS) is 24.3. The van der Waals surface area contributed by atoms with Gasteiger partial charge in [-0.2, -0.15) is 0 Å². The van der Waals surface area contributed by atoms with Crippen molar-refractivity contribution in [2.75, 3.05) is 46.9 Å². The van der Waals surface area contributed by atoms with Crippen LogP contribution in [0.25, 0.3) is 0 Å². The van der Waals surface area contributed by atoms with Crippen molar-refractivity contribution in [3.05, 3.63) is 47.3 Å². The Hall–Kier alpha value is -2.05. The van der Waals surface area contributed by atoms with Gasteiger partial charge in [0.05, 0.1) is 12.4 Å². The highest BCUT2D eigenvalue weighted by atomic mass is 15.5. The number of nitrogens with zero attached hydrogens (tertiary/aromatic N) is 5. The number of hydrogen-bond donors (Lipinski definition) is 1. The molecule has 1 fully saturated rings. The molecule has 0 saturated carbocycles. The molecule has 3 heterocycles. The first-order chi connectivity index (χ1) is 12.1. The van der Waals surface area contributed by atoms with Crippen molar-refractivity contribution in [1.82, 2.24) is 24.9 Å². The van der Waals surface area contributed by atoms with E-state index in [2.05, 4.69) is 76.4 Å². The molecule has 1 saturated heterocycles. The van der Waals surface area contributed by atoms with Crippen molar-refractivity contribution in [2.24, 2.45) is 4.99 Å². The van der Waals surface area contributed by atoms with Gasteiger partial charge in [-0.25, -0.2) is 4.99 Å². The van der Waals surface area contributed by atoms with E-state index in [1.165, 1.54) is 16.8 Å². The van der Waals surface area contributed by atoms with E-state index in [0.29, 0.717) is 0 Å². The van der Waals surface area contributed by atoms with Gasteiger partial charge in [-0.15, -0.1) is 0 Å². The lowest BCUT2D eigenvalue weighted by atomic mass is 10.1. The fraction of sp³-hybridized carbons (Fsp3) is 0.526. The molecule has 0 spiro atoms. The van der Waals surface area contributed by atoms with Crippen molar-refractivity contribution in [2.45, 2.75) is 19.8 Å². The minimum Gasteiger partial charge on any atom is -0.361 e. The second kappa shape index (κ2) is 6.69. The second-order valence-corrected chi connectivity index (χ2v) is 7.31. The lowest BCUT2D eigenvalue weighted by Crippen LogP contribution is -2.52. The average molecular weight is 340 g/mol. The van der Waals surface area contributed by atoms with E-state index in [1.54, 1.807) is 0 Å². The summed E-state index contributed by atoms with van der Waals surface area (Å²) in [7, 11) is 4.26. The molecule has 0 bridgehead atoms. The summed E-state index contributed by atoms with van der Waals surface area (Å²) in [6, 6.07) is 8.86. The summed E-state index contributed by atoms with van der Waals surface area (Å²) in [4.78, 5) is 14.5. The molecule has 3 aliphatic heterocycles. The van der Waals surface area contributed by atoms with Gasteiger partial charge in [0, 0.05) is 53.0 Å². The number of likely N-dealkylation sites (N-methyl/N-ethyl adjacent to an activating group) is 1. The number of hydrogen-bond acceptors (Lipinski definition) is 6. The molecule has 1 aromatic rings. The van der Waals surface area contributed by atoms with E-state index in [0.717, 1.165) is 45.2 Å². The Labute approximate surface area is 150 Å². The van der Waals surface area contributed by atoms with Crippen molar-refractivity contribution in [3.63, 3.8) is 0 Å². The van der Waals surface area contributed by atoms with Gasteiger partial charge in [-0.1, -0.05) is 29.8 Å². The number of piperazine rings is 1. The Bertz CT molecular complexity index is 674. The molecule has 4 rings (SSSR count). The molecular formula is C19H28N6. The van der Waals surface area contributed by atoms with Crippen molar-refractivity contribution in [3.8, 4) is 0 Å². The molecule has 0 amide bonds. The number of aliphatic imine (C=N–C) groups is 1. The number of aryl methyl sites for hydroxylation is 1. The third-order valence-corrected chi connectivity index (χ3v) is 5.15. The van der Waals surface area contributed by atoms with E-state index < -0.39 is 0 Å². The number of fused-ring (bicyclic) bond motifs is 1. The molecule has 134 valence electrons. The topological polar surface area (TPSA) is 37.4 Å². The highest BCUT2D eigenvalue weighted by Crippen LogP contribution is 2.30.